The summed E-state index contributed by atoms with van der Waals surface area (Å²) in [6.07, 6.45) is 0.502. The first-order valence-corrected chi connectivity index (χ1v) is 4.05. The normalized spacial score (nSPS) is 38.8. The van der Waals surface area contributed by atoms with Gasteiger partial charge in [-0.15, -0.1) is 0 Å². The van der Waals surface area contributed by atoms with E-state index in [1.165, 1.54) is 6.92 Å². The molecule has 2 fully saturated rings. The van der Waals surface area contributed by atoms with E-state index < -0.39 is 12.1 Å². The summed E-state index contributed by atoms with van der Waals surface area (Å²) in [7, 11) is 0. The fourth-order valence-electron chi connectivity index (χ4n) is 1.77. The molecular weight excluding hydrogens is 160 g/mol. The lowest BCUT2D eigenvalue weighted by Gasteiger charge is -2.16. The lowest BCUT2D eigenvalue weighted by molar-refractivity contribution is -0.153. The van der Waals surface area contributed by atoms with Crippen LogP contribution in [0.5, 0.6) is 0 Å². The standard InChI is InChI=1S/C8H10O4/c1-4(9)11-8-6-3-2-5(12-6)7(8)10/h5-6,8H,2-3H2,1H3/t5-,6+,8+/m0/s1. The van der Waals surface area contributed by atoms with Crippen molar-refractivity contribution >= 4 is 11.8 Å². The minimum Gasteiger partial charge on any atom is -0.452 e. The maximum Gasteiger partial charge on any atom is 0.303 e. The van der Waals surface area contributed by atoms with Crippen molar-refractivity contribution in [1.82, 2.24) is 0 Å². The van der Waals surface area contributed by atoms with Crippen molar-refractivity contribution in [1.29, 1.82) is 0 Å². The van der Waals surface area contributed by atoms with Gasteiger partial charge < -0.3 is 9.47 Å². The van der Waals surface area contributed by atoms with Crippen molar-refractivity contribution < 1.29 is 19.1 Å². The number of fused-ring (bicyclic) bond motifs is 2. The highest BCUT2D eigenvalue weighted by atomic mass is 16.6. The van der Waals surface area contributed by atoms with Crippen molar-refractivity contribution in [3.05, 3.63) is 0 Å². The average molecular weight is 170 g/mol. The number of hydrogen-bond acceptors (Lipinski definition) is 4. The van der Waals surface area contributed by atoms with E-state index in [0.29, 0.717) is 0 Å². The molecule has 12 heavy (non-hydrogen) atoms. The van der Waals surface area contributed by atoms with Crippen LogP contribution in [0.15, 0.2) is 0 Å². The Hall–Kier alpha value is -0.900. The maximum absolute atomic E-state index is 11.3. The number of Topliss-reactive ketones (excluding diaryl/α,β-unsaturated/α-hetero) is 1. The molecule has 2 heterocycles. The highest BCUT2D eigenvalue weighted by molar-refractivity contribution is 5.92. The second-order valence-electron chi connectivity index (χ2n) is 3.17. The molecule has 2 saturated heterocycles. The monoisotopic (exact) mass is 170 g/mol. The minimum absolute atomic E-state index is 0.0681. The number of esters is 1. The summed E-state index contributed by atoms with van der Waals surface area (Å²) in [5.74, 6) is -0.481. The zero-order chi connectivity index (χ0) is 8.72. The van der Waals surface area contributed by atoms with E-state index in [9.17, 15) is 9.59 Å². The molecule has 0 saturated carbocycles. The van der Waals surface area contributed by atoms with E-state index in [2.05, 4.69) is 0 Å². The van der Waals surface area contributed by atoms with Gasteiger partial charge in [0.15, 0.2) is 6.10 Å². The highest BCUT2D eigenvalue weighted by Crippen LogP contribution is 2.33. The molecule has 2 bridgehead atoms. The molecule has 0 amide bonds. The van der Waals surface area contributed by atoms with E-state index in [0.717, 1.165) is 12.8 Å². The van der Waals surface area contributed by atoms with Crippen molar-refractivity contribution in [3.8, 4) is 0 Å². The third kappa shape index (κ3) is 1.03. The number of ether oxygens (including phenoxy) is 2. The molecule has 4 nitrogen and oxygen atoms in total. The van der Waals surface area contributed by atoms with Crippen molar-refractivity contribution in [3.63, 3.8) is 0 Å². The van der Waals surface area contributed by atoms with Gasteiger partial charge >= 0.3 is 5.97 Å². The molecule has 2 rings (SSSR count). The Morgan fingerprint density at radius 1 is 1.58 bits per heavy atom. The van der Waals surface area contributed by atoms with Crippen LogP contribution in [-0.4, -0.2) is 30.1 Å². The zero-order valence-corrected chi connectivity index (χ0v) is 6.78. The zero-order valence-electron chi connectivity index (χ0n) is 6.78. The smallest absolute Gasteiger partial charge is 0.303 e. The minimum atomic E-state index is -0.624. The van der Waals surface area contributed by atoms with Gasteiger partial charge in [0.05, 0.1) is 0 Å². The lowest BCUT2D eigenvalue weighted by atomic mass is 9.96. The van der Waals surface area contributed by atoms with E-state index in [-0.39, 0.29) is 18.0 Å². The molecule has 2 aliphatic rings. The van der Waals surface area contributed by atoms with E-state index in [1.54, 1.807) is 0 Å². The van der Waals surface area contributed by atoms with Crippen LogP contribution in [0.3, 0.4) is 0 Å². The number of carbonyl (C=O) groups excluding carboxylic acids is 2. The van der Waals surface area contributed by atoms with Gasteiger partial charge in [0.2, 0.25) is 5.78 Å². The predicted molar refractivity (Wildman–Crippen MR) is 38.5 cm³/mol. The summed E-state index contributed by atoms with van der Waals surface area (Å²) in [6.45, 7) is 1.30. The first kappa shape index (κ1) is 7.73. The fraction of sp³-hybridized carbons (Fsp3) is 0.750. The van der Waals surface area contributed by atoms with E-state index >= 15 is 0 Å². The second kappa shape index (κ2) is 2.55. The van der Waals surface area contributed by atoms with Crippen LogP contribution in [0.4, 0.5) is 0 Å². The Balaban J connectivity index is 2.07. The van der Waals surface area contributed by atoms with Crippen LogP contribution < -0.4 is 0 Å². The largest absolute Gasteiger partial charge is 0.452 e. The highest BCUT2D eigenvalue weighted by Gasteiger charge is 2.50. The molecule has 0 unspecified atom stereocenters. The first-order chi connectivity index (χ1) is 5.68. The maximum atomic E-state index is 11.3. The van der Waals surface area contributed by atoms with Crippen LogP contribution in [-0.2, 0) is 19.1 Å². The van der Waals surface area contributed by atoms with Gasteiger partial charge in [-0.2, -0.15) is 0 Å². The van der Waals surface area contributed by atoms with Gasteiger partial charge in [0.1, 0.15) is 12.2 Å². The van der Waals surface area contributed by atoms with Crippen LogP contribution in [0, 0.1) is 0 Å². The number of hydrogen-bond donors (Lipinski definition) is 0. The Bertz CT molecular complexity index is 235. The molecule has 2 aliphatic heterocycles. The van der Waals surface area contributed by atoms with Crippen LogP contribution in [0.1, 0.15) is 19.8 Å². The lowest BCUT2D eigenvalue weighted by Crippen LogP contribution is -2.36. The van der Waals surface area contributed by atoms with Gasteiger partial charge in [-0.25, -0.2) is 0 Å². The number of ketones is 1. The van der Waals surface area contributed by atoms with Crippen molar-refractivity contribution in [2.75, 3.05) is 0 Å². The summed E-state index contributed by atoms with van der Waals surface area (Å²) in [5.41, 5.74) is 0. The SMILES string of the molecule is CC(=O)O[C@H]1C(=O)[C@@H]2CC[C@H]1O2. The van der Waals surface area contributed by atoms with Gasteiger partial charge in [-0.05, 0) is 12.8 Å². The summed E-state index contributed by atoms with van der Waals surface area (Å²) in [4.78, 5) is 21.9. The van der Waals surface area contributed by atoms with Gasteiger partial charge in [-0.3, -0.25) is 9.59 Å². The van der Waals surface area contributed by atoms with Gasteiger partial charge in [0, 0.05) is 6.92 Å². The van der Waals surface area contributed by atoms with Crippen LogP contribution >= 0.6 is 0 Å². The van der Waals surface area contributed by atoms with E-state index in [4.69, 9.17) is 9.47 Å². The van der Waals surface area contributed by atoms with Crippen LogP contribution in [0.25, 0.3) is 0 Å². The Kier molecular flexibility index (Phi) is 1.65. The van der Waals surface area contributed by atoms with Gasteiger partial charge in [0.25, 0.3) is 0 Å². The molecule has 0 aliphatic carbocycles. The van der Waals surface area contributed by atoms with Crippen LogP contribution in [0.2, 0.25) is 0 Å². The summed E-state index contributed by atoms with van der Waals surface area (Å²) < 4.78 is 10.1. The molecule has 0 aromatic heterocycles. The first-order valence-electron chi connectivity index (χ1n) is 4.05. The Labute approximate surface area is 69.8 Å². The molecule has 0 spiro atoms. The third-order valence-corrected chi connectivity index (χ3v) is 2.28. The van der Waals surface area contributed by atoms with Crippen molar-refractivity contribution in [2.24, 2.45) is 0 Å². The Morgan fingerprint density at radius 3 is 2.83 bits per heavy atom. The summed E-state index contributed by atoms with van der Waals surface area (Å²) in [5, 5.41) is 0. The molecule has 0 aromatic rings. The average Bonchev–Trinajstić information content (AvgIpc) is 2.53. The third-order valence-electron chi connectivity index (χ3n) is 2.28. The molecule has 0 radical (unpaired) electrons. The molecule has 3 atom stereocenters. The second-order valence-corrected chi connectivity index (χ2v) is 3.17. The summed E-state index contributed by atoms with van der Waals surface area (Å²) >= 11 is 0. The fourth-order valence-corrected chi connectivity index (χ4v) is 1.77. The summed E-state index contributed by atoms with van der Waals surface area (Å²) in [6, 6.07) is 0. The molecule has 0 N–H and O–H groups in total. The molecule has 0 aromatic carbocycles. The quantitative estimate of drug-likeness (QED) is 0.522. The van der Waals surface area contributed by atoms with Crippen molar-refractivity contribution in [2.45, 2.75) is 38.1 Å². The Morgan fingerprint density at radius 2 is 2.33 bits per heavy atom. The van der Waals surface area contributed by atoms with Gasteiger partial charge in [-0.1, -0.05) is 0 Å². The number of carbonyl (C=O) groups is 2. The molecule has 66 valence electrons. The van der Waals surface area contributed by atoms with E-state index in [1.807, 2.05) is 0 Å². The topological polar surface area (TPSA) is 52.6 Å². The molecular formula is C8H10O4. The molecule has 4 heteroatoms. The predicted octanol–water partition coefficient (Wildman–Crippen LogP) is 0.0484. The number of rotatable bonds is 1.